The van der Waals surface area contributed by atoms with Gasteiger partial charge in [-0.3, -0.25) is 0 Å². The number of rotatable bonds is 5. The van der Waals surface area contributed by atoms with Crippen molar-refractivity contribution in [2.75, 3.05) is 25.2 Å². The lowest BCUT2D eigenvalue weighted by Gasteiger charge is -2.06. The van der Waals surface area contributed by atoms with Gasteiger partial charge in [0.15, 0.2) is 5.82 Å². The zero-order valence-electron chi connectivity index (χ0n) is 8.70. The normalized spacial score (nSPS) is 10.2. The minimum absolute atomic E-state index is 0.451. The molecule has 1 N–H and O–H groups in total. The van der Waals surface area contributed by atoms with Gasteiger partial charge in [-0.1, -0.05) is 0 Å². The van der Waals surface area contributed by atoms with Crippen molar-refractivity contribution >= 4 is 17.6 Å². The van der Waals surface area contributed by atoms with Crippen LogP contribution < -0.4 is 5.32 Å². The van der Waals surface area contributed by atoms with Gasteiger partial charge in [0, 0.05) is 19.7 Å². The summed E-state index contributed by atoms with van der Waals surface area (Å²) in [4.78, 5) is 8.61. The highest BCUT2D eigenvalue weighted by atomic mass is 32.2. The Hall–Kier alpha value is -0.810. The van der Waals surface area contributed by atoms with Crippen LogP contribution >= 0.6 is 11.8 Å². The highest BCUT2D eigenvalue weighted by Gasteiger charge is 2.02. The second-order valence-corrected chi connectivity index (χ2v) is 3.50. The molecule has 14 heavy (non-hydrogen) atoms. The second kappa shape index (κ2) is 5.82. The molecule has 1 aromatic heterocycles. The lowest BCUT2D eigenvalue weighted by atomic mass is 10.5. The van der Waals surface area contributed by atoms with Gasteiger partial charge in [0.1, 0.15) is 17.5 Å². The lowest BCUT2D eigenvalue weighted by molar-refractivity contribution is 0.177. The molecule has 0 bridgehead atoms. The molecule has 0 unspecified atom stereocenters. The van der Waals surface area contributed by atoms with Gasteiger partial charge in [-0.05, 0) is 13.2 Å². The summed E-state index contributed by atoms with van der Waals surface area (Å²) in [5.74, 6) is 1.58. The monoisotopic (exact) mass is 213 g/mol. The molecule has 0 saturated carbocycles. The standard InChI is InChI=1S/C9H15N3OS/c1-4-10-7-5-9(14-3)12-8(11-7)6-13-2/h5H,4,6H2,1-3H3,(H,10,11,12). The summed E-state index contributed by atoms with van der Waals surface area (Å²) >= 11 is 1.60. The van der Waals surface area contributed by atoms with Gasteiger partial charge in [0.05, 0.1) is 0 Å². The van der Waals surface area contributed by atoms with Crippen LogP contribution in [0.4, 0.5) is 5.82 Å². The number of ether oxygens (including phenoxy) is 1. The number of anilines is 1. The second-order valence-electron chi connectivity index (χ2n) is 2.68. The maximum absolute atomic E-state index is 5.00. The quantitative estimate of drug-likeness (QED) is 0.596. The Kier molecular flexibility index (Phi) is 4.69. The third-order valence-corrected chi connectivity index (χ3v) is 2.22. The van der Waals surface area contributed by atoms with E-state index in [2.05, 4.69) is 15.3 Å². The number of aromatic nitrogens is 2. The van der Waals surface area contributed by atoms with E-state index in [1.54, 1.807) is 18.9 Å². The first-order valence-corrected chi connectivity index (χ1v) is 5.67. The maximum atomic E-state index is 5.00. The molecule has 1 rings (SSSR count). The van der Waals surface area contributed by atoms with Crippen LogP contribution in [0.15, 0.2) is 11.1 Å². The Morgan fingerprint density at radius 2 is 2.29 bits per heavy atom. The van der Waals surface area contributed by atoms with E-state index in [0.717, 1.165) is 23.2 Å². The van der Waals surface area contributed by atoms with Crippen molar-refractivity contribution in [1.82, 2.24) is 9.97 Å². The van der Waals surface area contributed by atoms with E-state index in [-0.39, 0.29) is 0 Å². The first-order chi connectivity index (χ1) is 6.80. The molecule has 0 amide bonds. The summed E-state index contributed by atoms with van der Waals surface area (Å²) in [7, 11) is 1.64. The van der Waals surface area contributed by atoms with Gasteiger partial charge in [0.2, 0.25) is 0 Å². The maximum Gasteiger partial charge on any atom is 0.157 e. The summed E-state index contributed by atoms with van der Waals surface area (Å²) in [5.41, 5.74) is 0. The minimum Gasteiger partial charge on any atom is -0.377 e. The van der Waals surface area contributed by atoms with Gasteiger partial charge in [0.25, 0.3) is 0 Å². The summed E-state index contributed by atoms with van der Waals surface area (Å²) in [6, 6.07) is 1.94. The van der Waals surface area contributed by atoms with Crippen LogP contribution in [0.5, 0.6) is 0 Å². The molecule has 1 heterocycles. The summed E-state index contributed by atoms with van der Waals surface area (Å²) in [5, 5.41) is 4.12. The topological polar surface area (TPSA) is 47.0 Å². The summed E-state index contributed by atoms with van der Waals surface area (Å²) in [6.45, 7) is 3.35. The molecule has 0 spiro atoms. The van der Waals surface area contributed by atoms with E-state index in [1.807, 2.05) is 19.2 Å². The molecule has 0 aliphatic heterocycles. The van der Waals surface area contributed by atoms with E-state index >= 15 is 0 Å². The first-order valence-electron chi connectivity index (χ1n) is 4.45. The highest BCUT2D eigenvalue weighted by molar-refractivity contribution is 7.98. The third-order valence-electron chi connectivity index (χ3n) is 1.59. The van der Waals surface area contributed by atoms with Crippen molar-refractivity contribution in [2.24, 2.45) is 0 Å². The van der Waals surface area contributed by atoms with E-state index in [1.165, 1.54) is 0 Å². The fourth-order valence-corrected chi connectivity index (χ4v) is 1.47. The molecule has 0 aromatic carbocycles. The van der Waals surface area contributed by atoms with Gasteiger partial charge in [-0.25, -0.2) is 9.97 Å². The predicted octanol–water partition coefficient (Wildman–Crippen LogP) is 1.78. The lowest BCUT2D eigenvalue weighted by Crippen LogP contribution is -2.04. The van der Waals surface area contributed by atoms with Crippen molar-refractivity contribution in [3.63, 3.8) is 0 Å². The van der Waals surface area contributed by atoms with E-state index < -0.39 is 0 Å². The average Bonchev–Trinajstić information content (AvgIpc) is 2.18. The van der Waals surface area contributed by atoms with Crippen LogP contribution in [0.25, 0.3) is 0 Å². The number of nitrogens with one attached hydrogen (secondary N) is 1. The molecule has 0 radical (unpaired) electrons. The molecule has 0 atom stereocenters. The highest BCUT2D eigenvalue weighted by Crippen LogP contribution is 2.15. The molecule has 0 saturated heterocycles. The van der Waals surface area contributed by atoms with Gasteiger partial charge >= 0.3 is 0 Å². The predicted molar refractivity (Wildman–Crippen MR) is 58.7 cm³/mol. The SMILES string of the molecule is CCNc1cc(SC)nc(COC)n1. The van der Waals surface area contributed by atoms with Crippen molar-refractivity contribution in [3.05, 3.63) is 11.9 Å². The number of methoxy groups -OCH3 is 1. The number of hydrogen-bond acceptors (Lipinski definition) is 5. The van der Waals surface area contributed by atoms with Crippen LogP contribution in [0.2, 0.25) is 0 Å². The Morgan fingerprint density at radius 1 is 1.50 bits per heavy atom. The molecular weight excluding hydrogens is 198 g/mol. The molecule has 0 aliphatic rings. The van der Waals surface area contributed by atoms with Gasteiger partial charge < -0.3 is 10.1 Å². The summed E-state index contributed by atoms with van der Waals surface area (Å²) < 4.78 is 5.00. The fraction of sp³-hybridized carbons (Fsp3) is 0.556. The van der Waals surface area contributed by atoms with Crippen LogP contribution in [0.1, 0.15) is 12.7 Å². The number of hydrogen-bond donors (Lipinski definition) is 1. The van der Waals surface area contributed by atoms with E-state index in [4.69, 9.17) is 4.74 Å². The van der Waals surface area contributed by atoms with Crippen LogP contribution in [-0.4, -0.2) is 29.9 Å². The Morgan fingerprint density at radius 3 is 2.86 bits per heavy atom. The van der Waals surface area contributed by atoms with Crippen molar-refractivity contribution in [3.8, 4) is 0 Å². The number of thioether (sulfide) groups is 1. The largest absolute Gasteiger partial charge is 0.377 e. The third kappa shape index (κ3) is 3.16. The van der Waals surface area contributed by atoms with Gasteiger partial charge in [-0.15, -0.1) is 11.8 Å². The zero-order valence-corrected chi connectivity index (χ0v) is 9.52. The molecule has 0 fully saturated rings. The smallest absolute Gasteiger partial charge is 0.157 e. The molecular formula is C9H15N3OS. The van der Waals surface area contributed by atoms with Gasteiger partial charge in [-0.2, -0.15) is 0 Å². The molecule has 1 aromatic rings. The molecule has 4 nitrogen and oxygen atoms in total. The van der Waals surface area contributed by atoms with Crippen LogP contribution in [0, 0.1) is 0 Å². The van der Waals surface area contributed by atoms with Crippen LogP contribution in [0.3, 0.4) is 0 Å². The Labute approximate surface area is 88.5 Å². The molecule has 0 aliphatic carbocycles. The van der Waals surface area contributed by atoms with Crippen molar-refractivity contribution in [2.45, 2.75) is 18.6 Å². The van der Waals surface area contributed by atoms with Crippen LogP contribution in [-0.2, 0) is 11.3 Å². The Balaban J connectivity index is 2.88. The molecule has 5 heteroatoms. The first kappa shape index (κ1) is 11.3. The molecule has 78 valence electrons. The van der Waals surface area contributed by atoms with E-state index in [9.17, 15) is 0 Å². The van der Waals surface area contributed by atoms with E-state index in [0.29, 0.717) is 6.61 Å². The fourth-order valence-electron chi connectivity index (χ4n) is 1.04. The summed E-state index contributed by atoms with van der Waals surface area (Å²) in [6.07, 6.45) is 1.99. The number of nitrogens with zero attached hydrogens (tertiary/aromatic N) is 2. The minimum atomic E-state index is 0.451. The van der Waals surface area contributed by atoms with Crippen molar-refractivity contribution in [1.29, 1.82) is 0 Å². The van der Waals surface area contributed by atoms with Crippen molar-refractivity contribution < 1.29 is 4.74 Å². The Bertz CT molecular complexity index is 269. The zero-order chi connectivity index (χ0) is 10.4. The average molecular weight is 213 g/mol.